The first kappa shape index (κ1) is 16.3. The molecule has 0 heterocycles. The Kier molecular flexibility index (Phi) is 7.64. The van der Waals surface area contributed by atoms with Gasteiger partial charge >= 0.3 is 12.0 Å². The van der Waals surface area contributed by atoms with Crippen molar-refractivity contribution in [3.8, 4) is 0 Å². The predicted octanol–water partition coefficient (Wildman–Crippen LogP) is -1.14. The van der Waals surface area contributed by atoms with E-state index in [-0.39, 0.29) is 13.1 Å². The number of hydrogen-bond donors (Lipinski definition) is 3. The van der Waals surface area contributed by atoms with Crippen LogP contribution in [0, 0.1) is 0 Å². The molecule has 0 saturated heterocycles. The van der Waals surface area contributed by atoms with E-state index in [1.807, 2.05) is 0 Å². The molecule has 0 aromatic rings. The maximum absolute atomic E-state index is 11.7. The van der Waals surface area contributed by atoms with Gasteiger partial charge in [-0.2, -0.15) is 0 Å². The van der Waals surface area contributed by atoms with Gasteiger partial charge in [-0.1, -0.05) is 0 Å². The number of carbonyl (C=O) groups excluding carboxylic acids is 2. The maximum atomic E-state index is 11.7. The minimum Gasteiger partial charge on any atom is -0.480 e. The molecule has 0 rings (SSSR count). The molecule has 0 bridgehead atoms. The number of rotatable bonds is 7. The summed E-state index contributed by atoms with van der Waals surface area (Å²) in [6.45, 7) is 1.80. The number of aliphatic carboxylic acids is 1. The molecule has 8 heteroatoms. The second kappa shape index (κ2) is 8.43. The lowest BCUT2D eigenvalue weighted by molar-refractivity contribution is -0.140. The van der Waals surface area contributed by atoms with Crippen molar-refractivity contribution < 1.29 is 24.2 Å². The molecule has 8 nitrogen and oxygen atoms in total. The van der Waals surface area contributed by atoms with E-state index in [1.165, 1.54) is 26.0 Å². The number of ether oxygens (including phenoxy) is 1. The SMILES string of the molecule is CNC(=O)NC(=O)C(C)N(CCOC)CC(=O)O. The van der Waals surface area contributed by atoms with Crippen molar-refractivity contribution in [1.82, 2.24) is 15.5 Å². The minimum absolute atomic E-state index is 0.283. The lowest BCUT2D eigenvalue weighted by atomic mass is 10.2. The molecule has 0 aliphatic heterocycles. The standard InChI is InChI=1S/C10H19N3O5/c1-7(9(16)12-10(17)11-2)13(4-5-18-3)6-8(14)15/h7H,4-6H2,1-3H3,(H,14,15)(H2,11,12,16,17). The summed E-state index contributed by atoms with van der Waals surface area (Å²) in [6.07, 6.45) is 0. The van der Waals surface area contributed by atoms with E-state index >= 15 is 0 Å². The molecule has 0 aliphatic carbocycles. The third kappa shape index (κ3) is 6.16. The summed E-state index contributed by atoms with van der Waals surface area (Å²) in [6, 6.07) is -1.37. The Bertz CT molecular complexity index is 308. The number of hydrogen-bond acceptors (Lipinski definition) is 5. The first-order valence-corrected chi connectivity index (χ1v) is 5.39. The summed E-state index contributed by atoms with van der Waals surface area (Å²) in [4.78, 5) is 34.7. The van der Waals surface area contributed by atoms with Crippen LogP contribution in [0.1, 0.15) is 6.92 Å². The van der Waals surface area contributed by atoms with Gasteiger partial charge in [-0.05, 0) is 6.92 Å². The van der Waals surface area contributed by atoms with Crippen LogP contribution in [-0.2, 0) is 14.3 Å². The number of nitrogens with one attached hydrogen (secondary N) is 2. The van der Waals surface area contributed by atoms with Gasteiger partial charge in [0, 0.05) is 20.7 Å². The van der Waals surface area contributed by atoms with Crippen molar-refractivity contribution in [3.63, 3.8) is 0 Å². The summed E-state index contributed by atoms with van der Waals surface area (Å²) >= 11 is 0. The van der Waals surface area contributed by atoms with Gasteiger partial charge in [-0.25, -0.2) is 4.79 Å². The Morgan fingerprint density at radius 2 is 2.00 bits per heavy atom. The van der Waals surface area contributed by atoms with E-state index in [9.17, 15) is 14.4 Å². The lowest BCUT2D eigenvalue weighted by Crippen LogP contribution is -2.51. The Morgan fingerprint density at radius 1 is 1.39 bits per heavy atom. The van der Waals surface area contributed by atoms with Crippen molar-refractivity contribution >= 4 is 17.9 Å². The van der Waals surface area contributed by atoms with Gasteiger partial charge in [0.1, 0.15) is 0 Å². The van der Waals surface area contributed by atoms with Crippen LogP contribution in [0.4, 0.5) is 4.79 Å². The molecular formula is C10H19N3O5. The Hall–Kier alpha value is -1.67. The van der Waals surface area contributed by atoms with E-state index in [1.54, 1.807) is 0 Å². The van der Waals surface area contributed by atoms with Crippen molar-refractivity contribution in [3.05, 3.63) is 0 Å². The summed E-state index contributed by atoms with van der Waals surface area (Å²) in [5.41, 5.74) is 0. The first-order valence-electron chi connectivity index (χ1n) is 5.39. The summed E-state index contributed by atoms with van der Waals surface area (Å²) in [5, 5.41) is 13.1. The van der Waals surface area contributed by atoms with Gasteiger partial charge in [0.2, 0.25) is 5.91 Å². The molecule has 1 atom stereocenters. The molecular weight excluding hydrogens is 242 g/mol. The van der Waals surface area contributed by atoms with Crippen LogP contribution < -0.4 is 10.6 Å². The number of methoxy groups -OCH3 is 1. The number of carbonyl (C=O) groups is 3. The number of nitrogens with zero attached hydrogens (tertiary/aromatic N) is 1. The second-order valence-corrected chi connectivity index (χ2v) is 3.60. The van der Waals surface area contributed by atoms with Crippen LogP contribution in [0.2, 0.25) is 0 Å². The number of urea groups is 1. The van der Waals surface area contributed by atoms with Gasteiger partial charge in [-0.3, -0.25) is 19.8 Å². The monoisotopic (exact) mass is 261 g/mol. The fraction of sp³-hybridized carbons (Fsp3) is 0.700. The summed E-state index contributed by atoms with van der Waals surface area (Å²) in [7, 11) is 2.86. The van der Waals surface area contributed by atoms with Gasteiger partial charge in [0.05, 0.1) is 19.2 Å². The van der Waals surface area contributed by atoms with Crippen LogP contribution in [0.25, 0.3) is 0 Å². The van der Waals surface area contributed by atoms with Crippen molar-refractivity contribution in [1.29, 1.82) is 0 Å². The zero-order valence-electron chi connectivity index (χ0n) is 10.7. The van der Waals surface area contributed by atoms with Crippen LogP contribution in [0.5, 0.6) is 0 Å². The largest absolute Gasteiger partial charge is 0.480 e. The third-order valence-corrected chi connectivity index (χ3v) is 2.31. The molecule has 0 radical (unpaired) electrons. The molecule has 3 N–H and O–H groups in total. The summed E-state index contributed by atoms with van der Waals surface area (Å²) in [5.74, 6) is -1.61. The fourth-order valence-electron chi connectivity index (χ4n) is 1.24. The molecule has 0 aromatic heterocycles. The van der Waals surface area contributed by atoms with Gasteiger partial charge in [0.15, 0.2) is 0 Å². The summed E-state index contributed by atoms with van der Waals surface area (Å²) < 4.78 is 4.84. The highest BCUT2D eigenvalue weighted by Crippen LogP contribution is 1.99. The van der Waals surface area contributed by atoms with Crippen molar-refractivity contribution in [2.45, 2.75) is 13.0 Å². The number of carboxylic acids is 1. The average molecular weight is 261 g/mol. The zero-order chi connectivity index (χ0) is 14.1. The molecule has 0 fully saturated rings. The highest BCUT2D eigenvalue weighted by Gasteiger charge is 2.24. The molecule has 0 aliphatic rings. The average Bonchev–Trinajstić information content (AvgIpc) is 2.32. The molecule has 18 heavy (non-hydrogen) atoms. The van der Waals surface area contributed by atoms with Crippen LogP contribution in [0.15, 0.2) is 0 Å². The second-order valence-electron chi connectivity index (χ2n) is 3.60. The maximum Gasteiger partial charge on any atom is 0.321 e. The van der Waals surface area contributed by atoms with E-state index in [4.69, 9.17) is 9.84 Å². The van der Waals surface area contributed by atoms with Crippen molar-refractivity contribution in [2.75, 3.05) is 33.9 Å². The van der Waals surface area contributed by atoms with Gasteiger partial charge in [0.25, 0.3) is 0 Å². The first-order chi connectivity index (χ1) is 8.42. The fourth-order valence-corrected chi connectivity index (χ4v) is 1.24. The van der Waals surface area contributed by atoms with Crippen LogP contribution in [0.3, 0.4) is 0 Å². The number of carboxylic acid groups (broad SMARTS) is 1. The quantitative estimate of drug-likeness (QED) is 0.535. The number of imide groups is 1. The van der Waals surface area contributed by atoms with Gasteiger partial charge < -0.3 is 15.2 Å². The molecule has 1 unspecified atom stereocenters. The molecule has 0 aromatic carbocycles. The van der Waals surface area contributed by atoms with E-state index < -0.39 is 23.9 Å². The molecule has 3 amide bonds. The zero-order valence-corrected chi connectivity index (χ0v) is 10.7. The normalized spacial score (nSPS) is 12.0. The Labute approximate surface area is 105 Å². The van der Waals surface area contributed by atoms with E-state index in [2.05, 4.69) is 10.6 Å². The Morgan fingerprint density at radius 3 is 2.44 bits per heavy atom. The molecule has 0 spiro atoms. The van der Waals surface area contributed by atoms with Crippen LogP contribution in [-0.4, -0.2) is 67.8 Å². The topological polar surface area (TPSA) is 108 Å². The van der Waals surface area contributed by atoms with Crippen LogP contribution >= 0.6 is 0 Å². The molecule has 104 valence electrons. The van der Waals surface area contributed by atoms with Crippen molar-refractivity contribution in [2.24, 2.45) is 0 Å². The molecule has 0 saturated carbocycles. The smallest absolute Gasteiger partial charge is 0.321 e. The highest BCUT2D eigenvalue weighted by molar-refractivity contribution is 5.96. The lowest BCUT2D eigenvalue weighted by Gasteiger charge is -2.25. The Balaban J connectivity index is 4.51. The number of amides is 3. The minimum atomic E-state index is -1.05. The van der Waals surface area contributed by atoms with Gasteiger partial charge in [-0.15, -0.1) is 0 Å². The predicted molar refractivity (Wildman–Crippen MR) is 63.1 cm³/mol. The third-order valence-electron chi connectivity index (χ3n) is 2.31. The van der Waals surface area contributed by atoms with E-state index in [0.717, 1.165) is 0 Å². The van der Waals surface area contributed by atoms with E-state index in [0.29, 0.717) is 6.61 Å². The highest BCUT2D eigenvalue weighted by atomic mass is 16.5.